The van der Waals surface area contributed by atoms with E-state index in [-0.39, 0.29) is 0 Å². The molecule has 0 amide bonds. The van der Waals surface area contributed by atoms with E-state index in [4.69, 9.17) is 4.42 Å². The topological polar surface area (TPSA) is 38.1 Å². The van der Waals surface area contributed by atoms with Gasteiger partial charge in [0.15, 0.2) is 12.2 Å². The van der Waals surface area contributed by atoms with Gasteiger partial charge in [-0.3, -0.25) is 0 Å². The van der Waals surface area contributed by atoms with Gasteiger partial charge in [0.2, 0.25) is 0 Å². The molecule has 17 heavy (non-hydrogen) atoms. The van der Waals surface area contributed by atoms with Crippen molar-refractivity contribution in [2.24, 2.45) is 0 Å². The second-order valence-corrected chi connectivity index (χ2v) is 4.78. The van der Waals surface area contributed by atoms with E-state index in [0.29, 0.717) is 0 Å². The summed E-state index contributed by atoms with van der Waals surface area (Å²) >= 11 is 3.48. The molecule has 3 nitrogen and oxygen atoms in total. The number of halogens is 1. The third kappa shape index (κ3) is 2.76. The summed E-state index contributed by atoms with van der Waals surface area (Å²) in [7, 11) is 0. The normalized spacial score (nSPS) is 10.8. The van der Waals surface area contributed by atoms with Crippen LogP contribution >= 0.6 is 15.9 Å². The Bertz CT molecular complexity index is 508. The van der Waals surface area contributed by atoms with Crippen molar-refractivity contribution < 1.29 is 4.42 Å². The molecule has 0 saturated heterocycles. The molecule has 0 unspecified atom stereocenters. The Labute approximate surface area is 109 Å². The largest absolute Gasteiger partial charge is 0.443 e. The second kappa shape index (κ2) is 5.47. The lowest BCUT2D eigenvalue weighted by molar-refractivity contribution is 0.569. The molecule has 2 aromatic rings. The van der Waals surface area contributed by atoms with Gasteiger partial charge in [-0.2, -0.15) is 0 Å². The lowest BCUT2D eigenvalue weighted by Crippen LogP contribution is -2.12. The third-order valence-electron chi connectivity index (χ3n) is 2.63. The molecule has 0 spiro atoms. The minimum absolute atomic E-state index is 0.730. The van der Waals surface area contributed by atoms with Gasteiger partial charge in [-0.25, -0.2) is 4.98 Å². The summed E-state index contributed by atoms with van der Waals surface area (Å²) in [6.07, 6.45) is 1.50. The Balaban J connectivity index is 2.38. The maximum Gasteiger partial charge on any atom is 0.181 e. The molecule has 0 atom stereocenters. The highest BCUT2D eigenvalue weighted by Gasteiger charge is 2.12. The molecule has 1 N–H and O–H groups in total. The van der Waals surface area contributed by atoms with Gasteiger partial charge < -0.3 is 9.73 Å². The number of rotatable bonds is 4. The van der Waals surface area contributed by atoms with Crippen molar-refractivity contribution in [3.05, 3.63) is 40.3 Å². The first kappa shape index (κ1) is 12.3. The first-order valence-electron chi connectivity index (χ1n) is 5.62. The fourth-order valence-electron chi connectivity index (χ4n) is 1.70. The number of oxazole rings is 1. The second-order valence-electron chi connectivity index (χ2n) is 3.87. The number of benzene rings is 1. The average Bonchev–Trinajstić information content (AvgIpc) is 2.77. The van der Waals surface area contributed by atoms with Crippen molar-refractivity contribution >= 4 is 15.9 Å². The van der Waals surface area contributed by atoms with Crippen LogP contribution < -0.4 is 5.32 Å². The van der Waals surface area contributed by atoms with Crippen LogP contribution in [-0.4, -0.2) is 11.5 Å². The van der Waals surface area contributed by atoms with Gasteiger partial charge in [0, 0.05) is 16.6 Å². The summed E-state index contributed by atoms with van der Waals surface area (Å²) in [5.74, 6) is 0.852. The van der Waals surface area contributed by atoms with Crippen LogP contribution in [0.2, 0.25) is 0 Å². The van der Waals surface area contributed by atoms with E-state index < -0.39 is 0 Å². The molecule has 1 heterocycles. The summed E-state index contributed by atoms with van der Waals surface area (Å²) < 4.78 is 6.56. The van der Waals surface area contributed by atoms with Crippen LogP contribution in [0.1, 0.15) is 18.2 Å². The van der Waals surface area contributed by atoms with Crippen molar-refractivity contribution in [3.8, 4) is 11.3 Å². The highest BCUT2D eigenvalue weighted by molar-refractivity contribution is 9.10. The molecule has 2 rings (SSSR count). The van der Waals surface area contributed by atoms with Crippen LogP contribution in [0, 0.1) is 6.92 Å². The molecule has 0 aliphatic carbocycles. The van der Waals surface area contributed by atoms with Crippen LogP contribution in [0.25, 0.3) is 11.3 Å². The Hall–Kier alpha value is -1.13. The lowest BCUT2D eigenvalue weighted by Gasteiger charge is -2.06. The summed E-state index contributed by atoms with van der Waals surface area (Å²) in [4.78, 5) is 4.26. The smallest absolute Gasteiger partial charge is 0.181 e. The molecule has 0 saturated carbocycles. The first-order valence-corrected chi connectivity index (χ1v) is 6.41. The lowest BCUT2D eigenvalue weighted by atomic mass is 10.1. The molecule has 1 aromatic heterocycles. The zero-order valence-electron chi connectivity index (χ0n) is 9.96. The Kier molecular flexibility index (Phi) is 3.97. The SMILES string of the molecule is CCNCc1ncoc1-c1cc(Br)ccc1C. The van der Waals surface area contributed by atoms with Gasteiger partial charge in [0.25, 0.3) is 0 Å². The summed E-state index contributed by atoms with van der Waals surface area (Å²) in [5, 5.41) is 3.26. The zero-order chi connectivity index (χ0) is 12.3. The number of aryl methyl sites for hydroxylation is 1. The summed E-state index contributed by atoms with van der Waals surface area (Å²) in [5.41, 5.74) is 3.22. The molecular weight excluding hydrogens is 280 g/mol. The Morgan fingerprint density at radius 3 is 3.00 bits per heavy atom. The molecule has 0 radical (unpaired) electrons. The number of hydrogen-bond acceptors (Lipinski definition) is 3. The van der Waals surface area contributed by atoms with E-state index in [1.807, 2.05) is 6.07 Å². The van der Waals surface area contributed by atoms with Crippen molar-refractivity contribution in [2.75, 3.05) is 6.54 Å². The van der Waals surface area contributed by atoms with E-state index in [2.05, 4.69) is 52.2 Å². The standard InChI is InChI=1S/C13H15BrN2O/c1-3-15-7-12-13(17-8-16-12)11-6-10(14)5-4-9(11)2/h4-6,8,15H,3,7H2,1-2H3. The number of nitrogens with one attached hydrogen (secondary N) is 1. The van der Waals surface area contributed by atoms with E-state index in [9.17, 15) is 0 Å². The molecular formula is C13H15BrN2O. The Morgan fingerprint density at radius 1 is 1.41 bits per heavy atom. The van der Waals surface area contributed by atoms with Crippen molar-refractivity contribution in [1.29, 1.82) is 0 Å². The number of hydrogen-bond donors (Lipinski definition) is 1. The fraction of sp³-hybridized carbons (Fsp3) is 0.308. The maximum absolute atomic E-state index is 5.51. The van der Waals surface area contributed by atoms with Gasteiger partial charge in [0.1, 0.15) is 5.69 Å². The third-order valence-corrected chi connectivity index (χ3v) is 3.12. The zero-order valence-corrected chi connectivity index (χ0v) is 11.5. The first-order chi connectivity index (χ1) is 8.22. The van der Waals surface area contributed by atoms with Gasteiger partial charge >= 0.3 is 0 Å². The molecule has 90 valence electrons. The fourth-order valence-corrected chi connectivity index (χ4v) is 2.06. The molecule has 0 fully saturated rings. The van der Waals surface area contributed by atoms with Crippen LogP contribution in [0.5, 0.6) is 0 Å². The summed E-state index contributed by atoms with van der Waals surface area (Å²) in [6, 6.07) is 6.16. The average molecular weight is 295 g/mol. The van der Waals surface area contributed by atoms with E-state index in [1.54, 1.807) is 0 Å². The van der Waals surface area contributed by atoms with Gasteiger partial charge in [-0.05, 0) is 31.2 Å². The highest BCUT2D eigenvalue weighted by Crippen LogP contribution is 2.29. The van der Waals surface area contributed by atoms with Crippen molar-refractivity contribution in [2.45, 2.75) is 20.4 Å². The van der Waals surface area contributed by atoms with Gasteiger partial charge in [-0.15, -0.1) is 0 Å². The minimum Gasteiger partial charge on any atom is -0.443 e. The van der Waals surface area contributed by atoms with E-state index in [1.165, 1.54) is 12.0 Å². The van der Waals surface area contributed by atoms with E-state index >= 15 is 0 Å². The molecule has 0 bridgehead atoms. The maximum atomic E-state index is 5.51. The van der Waals surface area contributed by atoms with Gasteiger partial charge in [-0.1, -0.05) is 28.9 Å². The van der Waals surface area contributed by atoms with Gasteiger partial charge in [0.05, 0.1) is 0 Å². The molecule has 0 aliphatic rings. The highest BCUT2D eigenvalue weighted by atomic mass is 79.9. The molecule has 0 aliphatic heterocycles. The van der Waals surface area contributed by atoms with Crippen molar-refractivity contribution in [1.82, 2.24) is 10.3 Å². The predicted octanol–water partition coefficient (Wildman–Crippen LogP) is 3.52. The number of nitrogens with zero attached hydrogens (tertiary/aromatic N) is 1. The minimum atomic E-state index is 0.730. The van der Waals surface area contributed by atoms with Crippen molar-refractivity contribution in [3.63, 3.8) is 0 Å². The predicted molar refractivity (Wildman–Crippen MR) is 71.8 cm³/mol. The van der Waals surface area contributed by atoms with Crippen LogP contribution in [0.15, 0.2) is 33.5 Å². The monoisotopic (exact) mass is 294 g/mol. The molecule has 4 heteroatoms. The number of aromatic nitrogens is 1. The quantitative estimate of drug-likeness (QED) is 0.937. The van der Waals surface area contributed by atoms with E-state index in [0.717, 1.165) is 34.6 Å². The summed E-state index contributed by atoms with van der Waals surface area (Å²) in [6.45, 7) is 5.80. The Morgan fingerprint density at radius 2 is 2.24 bits per heavy atom. The van der Waals surface area contributed by atoms with Crippen LogP contribution in [0.3, 0.4) is 0 Å². The molecule has 1 aromatic carbocycles. The van der Waals surface area contributed by atoms with Crippen LogP contribution in [0.4, 0.5) is 0 Å². The van der Waals surface area contributed by atoms with Crippen LogP contribution in [-0.2, 0) is 6.54 Å².